The van der Waals surface area contributed by atoms with Gasteiger partial charge < -0.3 is 10.6 Å². The van der Waals surface area contributed by atoms with E-state index >= 15 is 0 Å². The summed E-state index contributed by atoms with van der Waals surface area (Å²) in [6.45, 7) is 4.52. The minimum absolute atomic E-state index is 0.0110. The average molecular weight is 318 g/mol. The van der Waals surface area contributed by atoms with Crippen LogP contribution >= 0.6 is 11.6 Å². The molecule has 0 heterocycles. The van der Waals surface area contributed by atoms with Crippen LogP contribution in [0.15, 0.2) is 48.5 Å². The van der Waals surface area contributed by atoms with Crippen LogP contribution in [0.5, 0.6) is 0 Å². The summed E-state index contributed by atoms with van der Waals surface area (Å²) in [6, 6.07) is 15.8. The van der Waals surface area contributed by atoms with Gasteiger partial charge in [0, 0.05) is 16.3 Å². The van der Waals surface area contributed by atoms with E-state index in [1.807, 2.05) is 60.8 Å². The van der Waals surface area contributed by atoms with Crippen molar-refractivity contribution >= 4 is 23.2 Å². The second kappa shape index (κ2) is 7.97. The molecule has 0 aromatic heterocycles. The van der Waals surface area contributed by atoms with Gasteiger partial charge in [0.25, 0.3) is 5.91 Å². The van der Waals surface area contributed by atoms with Gasteiger partial charge in [-0.2, -0.15) is 0 Å². The molecular weight excluding hydrogens is 296 g/mol. The van der Waals surface area contributed by atoms with Crippen LogP contribution < -0.4 is 10.6 Å². The molecule has 2 aromatic carbocycles. The Labute approximate surface area is 136 Å². The largest absolute Gasteiger partial charge is 0.332 e. The van der Waals surface area contributed by atoms with Gasteiger partial charge in [-0.25, -0.2) is 0 Å². The molecule has 0 aliphatic heterocycles. The smallest absolute Gasteiger partial charge is 0.279 e. The van der Waals surface area contributed by atoms with Gasteiger partial charge in [-0.3, -0.25) is 4.79 Å². The Balaban J connectivity index is 1.85. The van der Waals surface area contributed by atoms with Gasteiger partial charge in [0.1, 0.15) is 6.04 Å². The summed E-state index contributed by atoms with van der Waals surface area (Å²) in [5.41, 5.74) is 3.14. The van der Waals surface area contributed by atoms with Crippen molar-refractivity contribution in [1.29, 1.82) is 0 Å². The number of carbonyl (C=O) groups excluding carboxylic acids is 1. The van der Waals surface area contributed by atoms with E-state index < -0.39 is 0 Å². The predicted octanol–water partition coefficient (Wildman–Crippen LogP) is 3.17. The number of hydrogen-bond acceptors (Lipinski definition) is 1. The van der Waals surface area contributed by atoms with E-state index in [1.165, 1.54) is 5.56 Å². The van der Waals surface area contributed by atoms with Crippen LogP contribution in [0.2, 0.25) is 5.02 Å². The number of amides is 1. The fourth-order valence-electron chi connectivity index (χ4n) is 2.29. The molecule has 0 aliphatic carbocycles. The lowest BCUT2D eigenvalue weighted by Gasteiger charge is -2.12. The first-order valence-electron chi connectivity index (χ1n) is 7.56. The van der Waals surface area contributed by atoms with E-state index in [-0.39, 0.29) is 11.9 Å². The van der Waals surface area contributed by atoms with Crippen LogP contribution in [0.3, 0.4) is 0 Å². The highest BCUT2D eigenvalue weighted by Gasteiger charge is 2.14. The number of anilines is 1. The molecular formula is C18H22ClN2O+. The van der Waals surface area contributed by atoms with Crippen LogP contribution in [0.1, 0.15) is 31.0 Å². The van der Waals surface area contributed by atoms with Crippen molar-refractivity contribution in [2.75, 3.05) is 11.9 Å². The third kappa shape index (κ3) is 4.58. The molecule has 0 radical (unpaired) electrons. The minimum atomic E-state index is -0.0110. The molecule has 0 fully saturated rings. The number of benzene rings is 2. The predicted molar refractivity (Wildman–Crippen MR) is 91.1 cm³/mol. The fraction of sp³-hybridized carbons (Fsp3) is 0.278. The fourth-order valence-corrected chi connectivity index (χ4v) is 2.60. The number of nitrogens with two attached hydrogens (primary N) is 1. The molecule has 2 rings (SSSR count). The van der Waals surface area contributed by atoms with E-state index in [0.717, 1.165) is 22.7 Å². The van der Waals surface area contributed by atoms with Gasteiger partial charge in [-0.15, -0.1) is 0 Å². The number of quaternary nitrogens is 1. The van der Waals surface area contributed by atoms with Crippen molar-refractivity contribution in [3.63, 3.8) is 0 Å². The zero-order valence-corrected chi connectivity index (χ0v) is 13.7. The van der Waals surface area contributed by atoms with E-state index in [4.69, 9.17) is 11.6 Å². The molecule has 2 aromatic rings. The van der Waals surface area contributed by atoms with Crippen LogP contribution in [0.4, 0.5) is 5.69 Å². The van der Waals surface area contributed by atoms with Gasteiger partial charge in [0.05, 0.1) is 0 Å². The number of carbonyl (C=O) groups is 1. The van der Waals surface area contributed by atoms with Crippen molar-refractivity contribution in [3.8, 4) is 0 Å². The third-order valence-electron chi connectivity index (χ3n) is 3.70. The Morgan fingerprint density at radius 2 is 1.86 bits per heavy atom. The average Bonchev–Trinajstić information content (AvgIpc) is 2.54. The molecule has 1 amide bonds. The summed E-state index contributed by atoms with van der Waals surface area (Å²) < 4.78 is 0. The topological polar surface area (TPSA) is 45.7 Å². The standard InChI is InChI=1S/C18H21ClN2O/c1-3-14-8-10-15(11-9-14)21-18(22)12-20-13(2)16-6-4-5-7-17(16)19/h4-11,13,20H,3,12H2,1-2H3,(H,21,22)/p+1/t13-/m1/s1. The molecule has 0 spiro atoms. The second-order valence-electron chi connectivity index (χ2n) is 5.35. The van der Waals surface area contributed by atoms with Crippen LogP contribution in [0.25, 0.3) is 0 Å². The molecule has 3 nitrogen and oxygen atoms in total. The highest BCUT2D eigenvalue weighted by Crippen LogP contribution is 2.19. The summed E-state index contributed by atoms with van der Waals surface area (Å²) in [5, 5.41) is 5.63. The SMILES string of the molecule is CCc1ccc(NC(=O)C[NH2+][C@H](C)c2ccccc2Cl)cc1. The molecule has 4 heteroatoms. The Morgan fingerprint density at radius 1 is 1.18 bits per heavy atom. The molecule has 22 heavy (non-hydrogen) atoms. The molecule has 0 bridgehead atoms. The number of rotatable bonds is 6. The van der Waals surface area contributed by atoms with Crippen molar-refractivity contribution in [3.05, 3.63) is 64.7 Å². The maximum Gasteiger partial charge on any atom is 0.279 e. The maximum absolute atomic E-state index is 12.0. The lowest BCUT2D eigenvalue weighted by molar-refractivity contribution is -0.682. The normalized spacial score (nSPS) is 12.0. The molecule has 0 saturated heterocycles. The Kier molecular flexibility index (Phi) is 5.99. The molecule has 116 valence electrons. The quantitative estimate of drug-likeness (QED) is 0.844. The first-order chi connectivity index (χ1) is 10.6. The van der Waals surface area contributed by atoms with Gasteiger partial charge >= 0.3 is 0 Å². The monoisotopic (exact) mass is 317 g/mol. The van der Waals surface area contributed by atoms with E-state index in [1.54, 1.807) is 0 Å². The summed E-state index contributed by atoms with van der Waals surface area (Å²) in [6.07, 6.45) is 0.997. The first-order valence-corrected chi connectivity index (χ1v) is 7.94. The summed E-state index contributed by atoms with van der Waals surface area (Å²) in [5.74, 6) is -0.0110. The molecule has 0 unspecified atom stereocenters. The maximum atomic E-state index is 12.0. The van der Waals surface area contributed by atoms with Gasteiger partial charge in [0.2, 0.25) is 0 Å². The first kappa shape index (κ1) is 16.5. The molecule has 1 atom stereocenters. The highest BCUT2D eigenvalue weighted by molar-refractivity contribution is 6.31. The summed E-state index contributed by atoms with van der Waals surface area (Å²) in [7, 11) is 0. The van der Waals surface area contributed by atoms with Gasteiger partial charge in [-0.1, -0.05) is 48.9 Å². The molecule has 0 saturated carbocycles. The number of hydrogen-bond donors (Lipinski definition) is 2. The van der Waals surface area contributed by atoms with Crippen LogP contribution in [0, 0.1) is 0 Å². The minimum Gasteiger partial charge on any atom is -0.332 e. The summed E-state index contributed by atoms with van der Waals surface area (Å²) >= 11 is 6.17. The Hall–Kier alpha value is -1.84. The lowest BCUT2D eigenvalue weighted by atomic mass is 10.1. The summed E-state index contributed by atoms with van der Waals surface area (Å²) in [4.78, 5) is 12.0. The zero-order valence-electron chi connectivity index (χ0n) is 13.0. The van der Waals surface area contributed by atoms with E-state index in [9.17, 15) is 4.79 Å². The lowest BCUT2D eigenvalue weighted by Crippen LogP contribution is -2.86. The Morgan fingerprint density at radius 3 is 2.50 bits per heavy atom. The Bertz CT molecular complexity index is 625. The third-order valence-corrected chi connectivity index (χ3v) is 4.04. The van der Waals surface area contributed by atoms with Crippen LogP contribution in [-0.4, -0.2) is 12.5 Å². The van der Waals surface area contributed by atoms with E-state index in [0.29, 0.717) is 6.54 Å². The van der Waals surface area contributed by atoms with Crippen LogP contribution in [-0.2, 0) is 11.2 Å². The second-order valence-corrected chi connectivity index (χ2v) is 5.76. The molecule has 0 aliphatic rings. The van der Waals surface area contributed by atoms with Crippen molar-refractivity contribution in [2.45, 2.75) is 26.3 Å². The number of halogens is 1. The zero-order chi connectivity index (χ0) is 15.9. The van der Waals surface area contributed by atoms with Gasteiger partial charge in [0.15, 0.2) is 6.54 Å². The van der Waals surface area contributed by atoms with Crippen molar-refractivity contribution < 1.29 is 10.1 Å². The number of nitrogens with one attached hydrogen (secondary N) is 1. The number of aryl methyl sites for hydroxylation is 1. The van der Waals surface area contributed by atoms with Crippen molar-refractivity contribution in [1.82, 2.24) is 0 Å². The molecule has 3 N–H and O–H groups in total. The van der Waals surface area contributed by atoms with Crippen molar-refractivity contribution in [2.24, 2.45) is 0 Å². The van der Waals surface area contributed by atoms with Gasteiger partial charge in [-0.05, 0) is 37.1 Å². The highest BCUT2D eigenvalue weighted by atomic mass is 35.5. The van der Waals surface area contributed by atoms with E-state index in [2.05, 4.69) is 12.2 Å².